The van der Waals surface area contributed by atoms with E-state index in [-0.39, 0.29) is 24.8 Å². The van der Waals surface area contributed by atoms with Gasteiger partial charge in [-0.25, -0.2) is 0 Å². The smallest absolute Gasteiger partial charge is 0.312 e. The van der Waals surface area contributed by atoms with E-state index in [1.54, 1.807) is 34.1 Å². The van der Waals surface area contributed by atoms with Crippen molar-refractivity contribution in [3.05, 3.63) is 72.3 Å². The zero-order valence-electron chi connectivity index (χ0n) is 17.2. The van der Waals surface area contributed by atoms with Gasteiger partial charge in [-0.2, -0.15) is 0 Å². The molecule has 0 bridgehead atoms. The van der Waals surface area contributed by atoms with Crippen LogP contribution in [0.3, 0.4) is 0 Å². The maximum absolute atomic E-state index is 13.2. The molecule has 6 heteroatoms. The zero-order valence-corrected chi connectivity index (χ0v) is 17.2. The Hall–Kier alpha value is -3.67. The molecule has 2 aliphatic heterocycles. The fourth-order valence-electron chi connectivity index (χ4n) is 4.66. The van der Waals surface area contributed by atoms with E-state index in [9.17, 15) is 14.4 Å². The molecule has 0 saturated carbocycles. The summed E-state index contributed by atoms with van der Waals surface area (Å²) in [6.07, 6.45) is 0.945. The van der Waals surface area contributed by atoms with Crippen LogP contribution in [0.2, 0.25) is 0 Å². The molecular weight excluding hydrogens is 392 g/mol. The van der Waals surface area contributed by atoms with Crippen molar-refractivity contribution in [3.63, 3.8) is 0 Å². The molecule has 0 aliphatic carbocycles. The van der Waals surface area contributed by atoms with Crippen molar-refractivity contribution in [2.24, 2.45) is 0 Å². The summed E-state index contributed by atoms with van der Waals surface area (Å²) in [5.41, 5.74) is 0.358. The Kier molecular flexibility index (Phi) is 4.50. The Bertz CT molecular complexity index is 1220. The number of benzene rings is 3. The Morgan fingerprint density at radius 2 is 1.74 bits per heavy atom. The zero-order chi connectivity index (χ0) is 21.6. The molecule has 1 atom stereocenters. The summed E-state index contributed by atoms with van der Waals surface area (Å²) in [5.74, 6) is -0.113. The monoisotopic (exact) mass is 414 g/mol. The molecular formula is C25H22N2O4. The quantitative estimate of drug-likeness (QED) is 0.476. The van der Waals surface area contributed by atoms with Crippen molar-refractivity contribution in [1.29, 1.82) is 0 Å². The minimum atomic E-state index is -0.772. The average Bonchev–Trinajstić information content (AvgIpc) is 3.08. The number of carbonyl (C=O) groups is 3. The number of anilines is 1. The number of hydrogen-bond donors (Lipinski definition) is 0. The molecule has 0 radical (unpaired) electrons. The van der Waals surface area contributed by atoms with Gasteiger partial charge in [-0.15, -0.1) is 0 Å². The highest BCUT2D eigenvalue weighted by Gasteiger charge is 2.52. The van der Waals surface area contributed by atoms with Gasteiger partial charge >= 0.3 is 5.97 Å². The predicted octanol–water partition coefficient (Wildman–Crippen LogP) is 4.13. The topological polar surface area (TPSA) is 66.9 Å². The summed E-state index contributed by atoms with van der Waals surface area (Å²) >= 11 is 0. The van der Waals surface area contributed by atoms with Crippen LogP contribution in [-0.4, -0.2) is 34.9 Å². The SMILES string of the molecule is CC12CCC(=O)N1c1ccccc1C(=O)N2CCC(=O)Oc1ccc2ccccc2c1. The Labute approximate surface area is 180 Å². The van der Waals surface area contributed by atoms with E-state index < -0.39 is 11.6 Å². The molecule has 31 heavy (non-hydrogen) atoms. The van der Waals surface area contributed by atoms with Crippen LogP contribution in [0.25, 0.3) is 10.8 Å². The largest absolute Gasteiger partial charge is 0.426 e. The van der Waals surface area contributed by atoms with Gasteiger partial charge in [0.05, 0.1) is 17.7 Å². The predicted molar refractivity (Wildman–Crippen MR) is 117 cm³/mol. The molecule has 6 nitrogen and oxygen atoms in total. The van der Waals surface area contributed by atoms with Crippen molar-refractivity contribution in [2.45, 2.75) is 31.8 Å². The van der Waals surface area contributed by atoms with E-state index >= 15 is 0 Å². The molecule has 0 N–H and O–H groups in total. The van der Waals surface area contributed by atoms with E-state index in [0.717, 1.165) is 10.8 Å². The van der Waals surface area contributed by atoms with Gasteiger partial charge in [0, 0.05) is 13.0 Å². The first kappa shape index (κ1) is 19.3. The molecule has 2 amide bonds. The number of ether oxygens (including phenoxy) is 1. The molecule has 156 valence electrons. The third kappa shape index (κ3) is 3.15. The molecule has 2 heterocycles. The van der Waals surface area contributed by atoms with E-state index in [4.69, 9.17) is 4.74 Å². The van der Waals surface area contributed by atoms with Crippen LogP contribution < -0.4 is 9.64 Å². The van der Waals surface area contributed by atoms with Crippen LogP contribution in [0.15, 0.2) is 66.7 Å². The lowest BCUT2D eigenvalue weighted by Gasteiger charge is -2.48. The van der Waals surface area contributed by atoms with Gasteiger partial charge in [0.25, 0.3) is 5.91 Å². The number of esters is 1. The standard InChI is InChI=1S/C25H22N2O4/c1-25-14-12-22(28)27(25)21-9-5-4-8-20(21)24(30)26(25)15-13-23(29)31-19-11-10-17-6-2-3-7-18(17)16-19/h2-11,16H,12-15H2,1H3. The lowest BCUT2D eigenvalue weighted by atomic mass is 9.98. The van der Waals surface area contributed by atoms with Gasteiger partial charge in [0.2, 0.25) is 5.91 Å². The molecule has 3 aromatic carbocycles. The lowest BCUT2D eigenvalue weighted by molar-refractivity contribution is -0.134. The van der Waals surface area contributed by atoms with E-state index in [2.05, 4.69) is 0 Å². The molecule has 1 saturated heterocycles. The number of rotatable bonds is 4. The van der Waals surface area contributed by atoms with Crippen LogP contribution in [0.5, 0.6) is 5.75 Å². The van der Waals surface area contributed by atoms with Crippen LogP contribution in [0, 0.1) is 0 Å². The Morgan fingerprint density at radius 3 is 2.58 bits per heavy atom. The molecule has 0 spiro atoms. The van der Waals surface area contributed by atoms with Gasteiger partial charge in [0.15, 0.2) is 0 Å². The maximum Gasteiger partial charge on any atom is 0.312 e. The van der Waals surface area contributed by atoms with Crippen LogP contribution in [-0.2, 0) is 9.59 Å². The third-order valence-electron chi connectivity index (χ3n) is 6.24. The number of carbonyl (C=O) groups excluding carboxylic acids is 3. The highest BCUT2D eigenvalue weighted by Crippen LogP contribution is 2.44. The van der Waals surface area contributed by atoms with Crippen molar-refractivity contribution in [1.82, 2.24) is 4.90 Å². The molecule has 1 fully saturated rings. The van der Waals surface area contributed by atoms with E-state index in [0.29, 0.717) is 29.8 Å². The number of hydrogen-bond acceptors (Lipinski definition) is 4. The molecule has 3 aromatic rings. The summed E-state index contributed by atoms with van der Waals surface area (Å²) < 4.78 is 5.53. The van der Waals surface area contributed by atoms with Crippen LogP contribution >= 0.6 is 0 Å². The molecule has 1 unspecified atom stereocenters. The van der Waals surface area contributed by atoms with Gasteiger partial charge in [-0.05, 0) is 48.4 Å². The fraction of sp³-hybridized carbons (Fsp3) is 0.240. The van der Waals surface area contributed by atoms with Gasteiger partial charge in [0.1, 0.15) is 11.4 Å². The number of amides is 2. The second-order valence-corrected chi connectivity index (χ2v) is 8.15. The Balaban J connectivity index is 1.35. The second-order valence-electron chi connectivity index (χ2n) is 8.15. The number of para-hydroxylation sites is 1. The normalized spacial score (nSPS) is 20.0. The number of nitrogens with zero attached hydrogens (tertiary/aromatic N) is 2. The van der Waals surface area contributed by atoms with Crippen LogP contribution in [0.1, 0.15) is 36.5 Å². The summed E-state index contributed by atoms with van der Waals surface area (Å²) in [7, 11) is 0. The van der Waals surface area contributed by atoms with E-state index in [1.807, 2.05) is 49.4 Å². The Morgan fingerprint density at radius 1 is 1.00 bits per heavy atom. The van der Waals surface area contributed by atoms with E-state index in [1.165, 1.54) is 0 Å². The molecule has 2 aliphatic rings. The first-order valence-electron chi connectivity index (χ1n) is 10.4. The highest BCUT2D eigenvalue weighted by molar-refractivity contribution is 6.10. The van der Waals surface area contributed by atoms with Gasteiger partial charge in [-0.1, -0.05) is 42.5 Å². The second kappa shape index (κ2) is 7.23. The van der Waals surface area contributed by atoms with Crippen LogP contribution in [0.4, 0.5) is 5.69 Å². The molecule has 5 rings (SSSR count). The minimum absolute atomic E-state index is 0.00816. The summed E-state index contributed by atoms with van der Waals surface area (Å²) in [5, 5.41) is 2.06. The van der Waals surface area contributed by atoms with Crippen molar-refractivity contribution < 1.29 is 19.1 Å². The lowest BCUT2D eigenvalue weighted by Crippen LogP contribution is -2.62. The maximum atomic E-state index is 13.2. The minimum Gasteiger partial charge on any atom is -0.426 e. The van der Waals surface area contributed by atoms with Gasteiger partial charge in [-0.3, -0.25) is 19.3 Å². The average molecular weight is 414 g/mol. The summed E-state index contributed by atoms with van der Waals surface area (Å²) in [6.45, 7) is 2.07. The van der Waals surface area contributed by atoms with Gasteiger partial charge < -0.3 is 9.64 Å². The summed E-state index contributed by atoms with van der Waals surface area (Å²) in [6, 6.07) is 20.5. The third-order valence-corrected chi connectivity index (χ3v) is 6.24. The molecule has 0 aromatic heterocycles. The fourth-order valence-corrected chi connectivity index (χ4v) is 4.66. The first-order valence-corrected chi connectivity index (χ1v) is 10.4. The first-order chi connectivity index (χ1) is 15.0. The van der Waals surface area contributed by atoms with Crippen molar-refractivity contribution in [3.8, 4) is 5.75 Å². The number of fused-ring (bicyclic) bond motifs is 4. The highest BCUT2D eigenvalue weighted by atomic mass is 16.5. The summed E-state index contributed by atoms with van der Waals surface area (Å²) in [4.78, 5) is 41.7. The van der Waals surface area contributed by atoms with Crippen molar-refractivity contribution in [2.75, 3.05) is 11.4 Å². The van der Waals surface area contributed by atoms with Crippen molar-refractivity contribution >= 4 is 34.2 Å².